The van der Waals surface area contributed by atoms with Gasteiger partial charge in [-0.25, -0.2) is 4.98 Å². The van der Waals surface area contributed by atoms with Gasteiger partial charge in [0.2, 0.25) is 5.95 Å². The summed E-state index contributed by atoms with van der Waals surface area (Å²) in [6, 6.07) is 10.3. The molecule has 7 heteroatoms. The van der Waals surface area contributed by atoms with E-state index in [0.29, 0.717) is 29.3 Å². The Bertz CT molecular complexity index is 766. The van der Waals surface area contributed by atoms with Gasteiger partial charge in [0.15, 0.2) is 0 Å². The van der Waals surface area contributed by atoms with E-state index in [2.05, 4.69) is 20.2 Å². The summed E-state index contributed by atoms with van der Waals surface area (Å²) in [7, 11) is 0. The Morgan fingerprint density at radius 1 is 1.20 bits per heavy atom. The van der Waals surface area contributed by atoms with Crippen molar-refractivity contribution in [3.05, 3.63) is 46.6 Å². The summed E-state index contributed by atoms with van der Waals surface area (Å²) in [6.45, 7) is 0.696. The molecular weight excluding hydrogens is 338 g/mol. The van der Waals surface area contributed by atoms with Crippen LogP contribution in [0.15, 0.2) is 30.3 Å². The first-order valence-corrected chi connectivity index (χ1v) is 8.93. The summed E-state index contributed by atoms with van der Waals surface area (Å²) in [5, 5.41) is 3.35. The lowest BCUT2D eigenvalue weighted by atomic mass is 10.1. The van der Waals surface area contributed by atoms with Crippen molar-refractivity contribution in [3.8, 4) is 0 Å². The number of amides is 1. The smallest absolute Gasteiger partial charge is 0.251 e. The fraction of sp³-hybridized carbons (Fsp3) is 0.389. The number of benzene rings is 1. The Morgan fingerprint density at radius 3 is 2.52 bits per heavy atom. The van der Waals surface area contributed by atoms with Gasteiger partial charge < -0.3 is 16.0 Å². The van der Waals surface area contributed by atoms with Gasteiger partial charge in [-0.3, -0.25) is 4.79 Å². The highest BCUT2D eigenvalue weighted by atomic mass is 35.5. The largest absolute Gasteiger partial charge is 0.368 e. The van der Waals surface area contributed by atoms with Gasteiger partial charge in [0.05, 0.1) is 0 Å². The molecule has 2 aliphatic carbocycles. The number of carbonyl (C=O) groups is 1. The molecular formula is C18H20ClN5O. The lowest BCUT2D eigenvalue weighted by Gasteiger charge is -2.24. The second-order valence-corrected chi connectivity index (χ2v) is 7.10. The van der Waals surface area contributed by atoms with Crippen LogP contribution in [0, 0.1) is 0 Å². The summed E-state index contributed by atoms with van der Waals surface area (Å²) in [6.07, 6.45) is 4.43. The molecule has 0 unspecified atom stereocenters. The van der Waals surface area contributed by atoms with Crippen molar-refractivity contribution in [1.29, 1.82) is 0 Å². The highest BCUT2D eigenvalue weighted by Crippen LogP contribution is 2.33. The van der Waals surface area contributed by atoms with Crippen LogP contribution in [0.5, 0.6) is 0 Å². The number of carbonyl (C=O) groups excluding carboxylic acids is 1. The maximum atomic E-state index is 12.1. The van der Waals surface area contributed by atoms with Gasteiger partial charge in [-0.1, -0.05) is 23.7 Å². The van der Waals surface area contributed by atoms with Gasteiger partial charge in [-0.05, 0) is 43.4 Å². The number of nitrogen functional groups attached to an aromatic ring is 1. The number of nitrogens with two attached hydrogens (primary N) is 1. The van der Waals surface area contributed by atoms with E-state index in [1.807, 2.05) is 24.3 Å². The number of halogens is 1. The van der Waals surface area contributed by atoms with Crippen molar-refractivity contribution >= 4 is 29.3 Å². The highest BCUT2D eigenvalue weighted by Gasteiger charge is 2.30. The molecule has 2 fully saturated rings. The van der Waals surface area contributed by atoms with Crippen molar-refractivity contribution in [2.45, 2.75) is 44.3 Å². The fourth-order valence-corrected chi connectivity index (χ4v) is 2.99. The monoisotopic (exact) mass is 357 g/mol. The SMILES string of the molecule is Nc1nc(Cl)cc(N(Cc2ccc(C(=O)NC3CC3)cc2)C2CC2)n1. The molecule has 0 spiro atoms. The molecule has 2 aliphatic rings. The molecule has 1 aromatic heterocycles. The lowest BCUT2D eigenvalue weighted by Crippen LogP contribution is -2.27. The van der Waals surface area contributed by atoms with Crippen LogP contribution in [-0.2, 0) is 6.54 Å². The van der Waals surface area contributed by atoms with E-state index in [-0.39, 0.29) is 11.9 Å². The molecule has 4 rings (SSSR count). The number of rotatable bonds is 6. The molecule has 2 saturated carbocycles. The van der Waals surface area contributed by atoms with E-state index in [4.69, 9.17) is 17.3 Å². The van der Waals surface area contributed by atoms with Gasteiger partial charge >= 0.3 is 0 Å². The van der Waals surface area contributed by atoms with Gasteiger partial charge in [0.25, 0.3) is 5.91 Å². The molecule has 1 heterocycles. The third kappa shape index (κ3) is 4.02. The second kappa shape index (κ2) is 6.52. The first-order chi connectivity index (χ1) is 12.1. The number of hydrogen-bond donors (Lipinski definition) is 2. The van der Waals surface area contributed by atoms with Crippen molar-refractivity contribution in [2.75, 3.05) is 10.6 Å². The number of nitrogens with zero attached hydrogens (tertiary/aromatic N) is 3. The van der Waals surface area contributed by atoms with E-state index in [9.17, 15) is 4.79 Å². The minimum absolute atomic E-state index is 0.00320. The molecule has 0 atom stereocenters. The normalized spacial score (nSPS) is 16.5. The Hall–Kier alpha value is -2.34. The van der Waals surface area contributed by atoms with Crippen LogP contribution in [0.3, 0.4) is 0 Å². The summed E-state index contributed by atoms with van der Waals surface area (Å²) in [5.74, 6) is 0.930. The Morgan fingerprint density at radius 2 is 1.92 bits per heavy atom. The van der Waals surface area contributed by atoms with Crippen molar-refractivity contribution in [3.63, 3.8) is 0 Å². The van der Waals surface area contributed by atoms with Crippen LogP contribution in [0.4, 0.5) is 11.8 Å². The molecule has 3 N–H and O–H groups in total. The molecule has 0 aliphatic heterocycles. The van der Waals surface area contributed by atoms with Crippen LogP contribution in [-0.4, -0.2) is 28.0 Å². The molecule has 0 bridgehead atoms. The first kappa shape index (κ1) is 16.1. The lowest BCUT2D eigenvalue weighted by molar-refractivity contribution is 0.0951. The van der Waals surface area contributed by atoms with E-state index in [1.165, 1.54) is 0 Å². The minimum Gasteiger partial charge on any atom is -0.368 e. The number of anilines is 2. The maximum absolute atomic E-state index is 12.1. The standard InChI is InChI=1S/C18H20ClN5O/c19-15-9-16(23-18(20)22-15)24(14-7-8-14)10-11-1-3-12(4-2-11)17(25)21-13-5-6-13/h1-4,9,13-14H,5-8,10H2,(H,21,25)(H2,20,22,23). The Labute approximate surface area is 151 Å². The number of aromatic nitrogens is 2. The predicted octanol–water partition coefficient (Wildman–Crippen LogP) is 2.77. The number of nitrogens with one attached hydrogen (secondary N) is 1. The van der Waals surface area contributed by atoms with E-state index >= 15 is 0 Å². The topological polar surface area (TPSA) is 84.1 Å². The van der Waals surface area contributed by atoms with Crippen molar-refractivity contribution < 1.29 is 4.79 Å². The zero-order valence-corrected chi connectivity index (χ0v) is 14.5. The fourth-order valence-electron chi connectivity index (χ4n) is 2.81. The second-order valence-electron chi connectivity index (χ2n) is 6.71. The molecule has 6 nitrogen and oxygen atoms in total. The van der Waals surface area contributed by atoms with E-state index in [0.717, 1.165) is 37.1 Å². The van der Waals surface area contributed by atoms with Gasteiger partial charge in [0, 0.05) is 30.3 Å². The van der Waals surface area contributed by atoms with Crippen LogP contribution in [0.1, 0.15) is 41.6 Å². The summed E-state index contributed by atoms with van der Waals surface area (Å²) >= 11 is 6.02. The molecule has 2 aromatic rings. The van der Waals surface area contributed by atoms with E-state index < -0.39 is 0 Å². The van der Waals surface area contributed by atoms with Crippen molar-refractivity contribution in [2.24, 2.45) is 0 Å². The minimum atomic E-state index is 0.00320. The van der Waals surface area contributed by atoms with Gasteiger partial charge in [-0.2, -0.15) is 4.98 Å². The maximum Gasteiger partial charge on any atom is 0.251 e. The molecule has 1 aromatic carbocycles. The van der Waals surface area contributed by atoms with E-state index in [1.54, 1.807) is 6.07 Å². The van der Waals surface area contributed by atoms with Crippen molar-refractivity contribution in [1.82, 2.24) is 15.3 Å². The predicted molar refractivity (Wildman–Crippen MR) is 97.6 cm³/mol. The van der Waals surface area contributed by atoms with Crippen LogP contribution < -0.4 is 16.0 Å². The summed E-state index contributed by atoms with van der Waals surface area (Å²) < 4.78 is 0. The quantitative estimate of drug-likeness (QED) is 0.776. The average Bonchev–Trinajstić information content (AvgIpc) is 3.46. The van der Waals surface area contributed by atoms with Gasteiger partial charge in [-0.15, -0.1) is 0 Å². The molecule has 0 radical (unpaired) electrons. The summed E-state index contributed by atoms with van der Waals surface area (Å²) in [4.78, 5) is 22.5. The molecule has 0 saturated heterocycles. The zero-order valence-electron chi connectivity index (χ0n) is 13.8. The van der Waals surface area contributed by atoms with Crippen LogP contribution in [0.25, 0.3) is 0 Å². The van der Waals surface area contributed by atoms with Crippen LogP contribution in [0.2, 0.25) is 5.15 Å². The first-order valence-electron chi connectivity index (χ1n) is 8.55. The third-order valence-corrected chi connectivity index (χ3v) is 4.66. The number of hydrogen-bond acceptors (Lipinski definition) is 5. The molecule has 1 amide bonds. The van der Waals surface area contributed by atoms with Crippen LogP contribution >= 0.6 is 11.6 Å². The molecule has 25 heavy (non-hydrogen) atoms. The third-order valence-electron chi connectivity index (χ3n) is 4.46. The highest BCUT2D eigenvalue weighted by molar-refractivity contribution is 6.29. The molecule has 130 valence electrons. The Kier molecular flexibility index (Phi) is 4.21. The van der Waals surface area contributed by atoms with Gasteiger partial charge in [0.1, 0.15) is 11.0 Å². The Balaban J connectivity index is 1.49. The summed E-state index contributed by atoms with van der Waals surface area (Å²) in [5.41, 5.74) is 7.54. The zero-order chi connectivity index (χ0) is 17.4. The average molecular weight is 358 g/mol.